The molecule has 78 valence electrons. The summed E-state index contributed by atoms with van der Waals surface area (Å²) in [5.74, 6) is 0.800. The molecule has 0 unspecified atom stereocenters. The summed E-state index contributed by atoms with van der Waals surface area (Å²) in [6.07, 6.45) is 4.54. The second-order valence-electron chi connectivity index (χ2n) is 3.42. The van der Waals surface area contributed by atoms with Crippen LogP contribution in [0.15, 0.2) is 23.2 Å². The Bertz CT molecular complexity index is 433. The van der Waals surface area contributed by atoms with Crippen LogP contribution in [0.4, 0.5) is 0 Å². The van der Waals surface area contributed by atoms with Crippen molar-refractivity contribution in [1.29, 1.82) is 0 Å². The molecule has 0 saturated heterocycles. The molecule has 0 aliphatic carbocycles. The van der Waals surface area contributed by atoms with Gasteiger partial charge in [0.15, 0.2) is 5.82 Å². The minimum Gasteiger partial charge on any atom is -0.330 e. The van der Waals surface area contributed by atoms with Gasteiger partial charge in [0, 0.05) is 23.3 Å². The maximum Gasteiger partial charge on any atom is 0.160 e. The monoisotopic (exact) mass is 219 g/mol. The second kappa shape index (κ2) is 4.51. The highest BCUT2D eigenvalue weighted by molar-refractivity contribution is 7.08. The first-order valence-corrected chi connectivity index (χ1v) is 5.79. The van der Waals surface area contributed by atoms with Crippen LogP contribution < -0.4 is 5.73 Å². The molecule has 0 saturated carbocycles. The predicted molar refractivity (Wildman–Crippen MR) is 62.8 cm³/mol. The third kappa shape index (κ3) is 2.22. The van der Waals surface area contributed by atoms with Crippen molar-refractivity contribution < 1.29 is 0 Å². The van der Waals surface area contributed by atoms with Gasteiger partial charge in [0.05, 0.1) is 0 Å². The summed E-state index contributed by atoms with van der Waals surface area (Å²) in [5, 5.41) is 4.18. The largest absolute Gasteiger partial charge is 0.330 e. The molecule has 0 aliphatic heterocycles. The molecule has 15 heavy (non-hydrogen) atoms. The number of thiophene rings is 1. The lowest BCUT2D eigenvalue weighted by molar-refractivity contribution is 0.943. The van der Waals surface area contributed by atoms with E-state index in [1.807, 2.05) is 12.4 Å². The van der Waals surface area contributed by atoms with Gasteiger partial charge < -0.3 is 5.73 Å². The van der Waals surface area contributed by atoms with E-state index in [-0.39, 0.29) is 0 Å². The summed E-state index contributed by atoms with van der Waals surface area (Å²) < 4.78 is 0. The van der Waals surface area contributed by atoms with Gasteiger partial charge in [-0.15, -0.1) is 0 Å². The molecule has 4 heteroatoms. The molecular formula is C11H13N3S. The summed E-state index contributed by atoms with van der Waals surface area (Å²) in [4.78, 5) is 8.68. The highest BCUT2D eigenvalue weighted by Crippen LogP contribution is 2.23. The first-order valence-electron chi connectivity index (χ1n) is 4.85. The van der Waals surface area contributed by atoms with Crippen LogP contribution in [0.25, 0.3) is 11.4 Å². The molecule has 0 bridgehead atoms. The van der Waals surface area contributed by atoms with Crippen molar-refractivity contribution in [3.8, 4) is 11.4 Å². The average Bonchev–Trinajstić information content (AvgIpc) is 2.66. The fourth-order valence-electron chi connectivity index (χ4n) is 1.38. The number of aryl methyl sites for hydroxylation is 1. The molecule has 2 N–H and O–H groups in total. The Hall–Kier alpha value is -1.26. The highest BCUT2D eigenvalue weighted by atomic mass is 32.1. The number of hydrogen-bond acceptors (Lipinski definition) is 4. The highest BCUT2D eigenvalue weighted by Gasteiger charge is 2.05. The zero-order valence-electron chi connectivity index (χ0n) is 8.60. The molecule has 0 radical (unpaired) electrons. The maximum absolute atomic E-state index is 5.46. The van der Waals surface area contributed by atoms with Gasteiger partial charge in [-0.1, -0.05) is 0 Å². The van der Waals surface area contributed by atoms with Crippen molar-refractivity contribution in [2.45, 2.75) is 13.3 Å². The topological polar surface area (TPSA) is 51.8 Å². The van der Waals surface area contributed by atoms with E-state index in [4.69, 9.17) is 5.73 Å². The van der Waals surface area contributed by atoms with Gasteiger partial charge in [0.1, 0.15) is 0 Å². The molecule has 3 nitrogen and oxygen atoms in total. The summed E-state index contributed by atoms with van der Waals surface area (Å²) in [5.41, 5.74) is 8.91. The van der Waals surface area contributed by atoms with Gasteiger partial charge in [-0.05, 0) is 36.4 Å². The normalized spacial score (nSPS) is 10.5. The molecule has 2 aromatic rings. The van der Waals surface area contributed by atoms with Gasteiger partial charge in [-0.25, -0.2) is 9.97 Å². The Morgan fingerprint density at radius 3 is 2.53 bits per heavy atom. The van der Waals surface area contributed by atoms with E-state index in [9.17, 15) is 0 Å². The van der Waals surface area contributed by atoms with Gasteiger partial charge in [-0.3, -0.25) is 0 Å². The van der Waals surface area contributed by atoms with E-state index in [1.54, 1.807) is 11.3 Å². The van der Waals surface area contributed by atoms with E-state index in [0.717, 1.165) is 23.4 Å². The number of aromatic nitrogens is 2. The maximum atomic E-state index is 5.46. The van der Waals surface area contributed by atoms with Crippen LogP contribution in [0.3, 0.4) is 0 Å². The van der Waals surface area contributed by atoms with E-state index in [1.165, 1.54) is 5.56 Å². The number of hydrogen-bond donors (Lipinski definition) is 1. The molecule has 2 rings (SSSR count). The van der Waals surface area contributed by atoms with E-state index in [0.29, 0.717) is 6.54 Å². The molecule has 0 spiro atoms. The molecule has 2 heterocycles. The summed E-state index contributed by atoms with van der Waals surface area (Å²) in [6.45, 7) is 2.71. The summed E-state index contributed by atoms with van der Waals surface area (Å²) in [7, 11) is 0. The average molecular weight is 219 g/mol. The van der Waals surface area contributed by atoms with Crippen molar-refractivity contribution in [2.75, 3.05) is 6.54 Å². The van der Waals surface area contributed by atoms with Crippen LogP contribution in [0.5, 0.6) is 0 Å². The lowest BCUT2D eigenvalue weighted by atomic mass is 10.2. The van der Waals surface area contributed by atoms with E-state index < -0.39 is 0 Å². The second-order valence-corrected chi connectivity index (χ2v) is 4.17. The Kier molecular flexibility index (Phi) is 3.08. The summed E-state index contributed by atoms with van der Waals surface area (Å²) >= 11 is 1.68. The molecule has 2 aromatic heterocycles. The molecule has 0 aromatic carbocycles. The molecule has 0 aliphatic rings. The zero-order valence-corrected chi connectivity index (χ0v) is 9.42. The lowest BCUT2D eigenvalue weighted by Gasteiger charge is -2.00. The van der Waals surface area contributed by atoms with Crippen LogP contribution in [0.1, 0.15) is 11.1 Å². The zero-order chi connectivity index (χ0) is 10.7. The Labute approximate surface area is 93.0 Å². The summed E-state index contributed by atoms with van der Waals surface area (Å²) in [6, 6.07) is 0. The standard InChI is InChI=1S/C11H13N3S/c1-8-6-15-7-10(8)11-13-4-9(2-3-12)5-14-11/h4-7H,2-3,12H2,1H3. The van der Waals surface area contributed by atoms with Crippen LogP contribution >= 0.6 is 11.3 Å². The van der Waals surface area contributed by atoms with Gasteiger partial charge in [-0.2, -0.15) is 11.3 Å². The van der Waals surface area contributed by atoms with Gasteiger partial charge >= 0.3 is 0 Å². The van der Waals surface area contributed by atoms with E-state index >= 15 is 0 Å². The van der Waals surface area contributed by atoms with Crippen molar-refractivity contribution in [3.05, 3.63) is 34.3 Å². The number of rotatable bonds is 3. The first-order chi connectivity index (χ1) is 7.31. The van der Waals surface area contributed by atoms with Crippen LogP contribution in [0, 0.1) is 6.92 Å². The third-order valence-electron chi connectivity index (χ3n) is 2.23. The van der Waals surface area contributed by atoms with Crippen molar-refractivity contribution >= 4 is 11.3 Å². The Balaban J connectivity index is 2.28. The molecule has 0 amide bonds. The quantitative estimate of drug-likeness (QED) is 0.859. The van der Waals surface area contributed by atoms with Crippen molar-refractivity contribution in [1.82, 2.24) is 9.97 Å². The van der Waals surface area contributed by atoms with Crippen LogP contribution in [-0.4, -0.2) is 16.5 Å². The minimum absolute atomic E-state index is 0.639. The third-order valence-corrected chi connectivity index (χ3v) is 3.10. The SMILES string of the molecule is Cc1cscc1-c1ncc(CCN)cn1. The van der Waals surface area contributed by atoms with Crippen LogP contribution in [-0.2, 0) is 6.42 Å². The van der Waals surface area contributed by atoms with Gasteiger partial charge in [0.25, 0.3) is 0 Å². The smallest absolute Gasteiger partial charge is 0.160 e. The lowest BCUT2D eigenvalue weighted by Crippen LogP contribution is -2.03. The minimum atomic E-state index is 0.639. The Morgan fingerprint density at radius 2 is 2.00 bits per heavy atom. The number of nitrogens with two attached hydrogens (primary N) is 1. The predicted octanol–water partition coefficient (Wildman–Crippen LogP) is 2.01. The number of nitrogens with zero attached hydrogens (tertiary/aromatic N) is 2. The van der Waals surface area contributed by atoms with Gasteiger partial charge in [0.2, 0.25) is 0 Å². The fraction of sp³-hybridized carbons (Fsp3) is 0.273. The Morgan fingerprint density at radius 1 is 1.27 bits per heavy atom. The first kappa shape index (κ1) is 10.3. The van der Waals surface area contributed by atoms with Crippen molar-refractivity contribution in [2.24, 2.45) is 5.73 Å². The fourth-order valence-corrected chi connectivity index (χ4v) is 2.21. The van der Waals surface area contributed by atoms with E-state index in [2.05, 4.69) is 27.7 Å². The molecule has 0 fully saturated rings. The molecular weight excluding hydrogens is 206 g/mol. The van der Waals surface area contributed by atoms with Crippen LogP contribution in [0.2, 0.25) is 0 Å². The molecule has 0 atom stereocenters. The van der Waals surface area contributed by atoms with Crippen molar-refractivity contribution in [3.63, 3.8) is 0 Å².